The molecular weight excluding hydrogens is 689 g/mol. The first-order valence-electron chi connectivity index (χ1n) is 18.4. The maximum absolute atomic E-state index is 13.9. The molecule has 0 aliphatic rings. The Morgan fingerprint density at radius 3 is 0.925 bits per heavy atom. The largest absolute Gasteiger partial charge is 0.488 e. The minimum atomic E-state index is -3.23. The van der Waals surface area contributed by atoms with Crippen LogP contribution in [0.25, 0.3) is 0 Å². The smallest absolute Gasteiger partial charge is 0.313 e. The molecule has 8 nitrogen and oxygen atoms in total. The topological polar surface area (TPSA) is 81.7 Å². The van der Waals surface area contributed by atoms with Crippen LogP contribution in [0.3, 0.4) is 0 Å². The third kappa shape index (κ3) is 13.0. The van der Waals surface area contributed by atoms with E-state index in [1.165, 1.54) is 6.92 Å². The van der Waals surface area contributed by atoms with Crippen LogP contribution >= 0.6 is 10.3 Å². The Balaban J connectivity index is 2.87. The van der Waals surface area contributed by atoms with Crippen LogP contribution in [0.1, 0.15) is 132 Å². The molecule has 0 fully saturated rings. The summed E-state index contributed by atoms with van der Waals surface area (Å²) in [5, 5.41) is 0. The summed E-state index contributed by atoms with van der Waals surface area (Å²) in [5.74, 6) is 2.27. The predicted octanol–water partition coefficient (Wildman–Crippen LogP) is 12.5. The van der Waals surface area contributed by atoms with Crippen molar-refractivity contribution in [3.63, 3.8) is 0 Å². The fraction of sp³-hybridized carbons (Fsp3) is 0.568. The van der Waals surface area contributed by atoms with Gasteiger partial charge in [0.05, 0.1) is 0 Å². The van der Waals surface area contributed by atoms with E-state index in [4.69, 9.17) is 32.6 Å². The second kappa shape index (κ2) is 15.2. The Labute approximate surface area is 321 Å². The van der Waals surface area contributed by atoms with Gasteiger partial charge in [0.1, 0.15) is 77.9 Å². The lowest BCUT2D eigenvalue weighted by molar-refractivity contribution is -0.131. The molecular formula is C44H66O8S. The van der Waals surface area contributed by atoms with Crippen molar-refractivity contribution in [3.05, 3.63) is 54.6 Å². The lowest BCUT2D eigenvalue weighted by Crippen LogP contribution is -2.29. The zero-order valence-electron chi connectivity index (χ0n) is 35.9. The second-order valence-corrected chi connectivity index (χ2v) is 21.8. The highest BCUT2D eigenvalue weighted by molar-refractivity contribution is 8.30. The van der Waals surface area contributed by atoms with Crippen molar-refractivity contribution in [2.45, 2.75) is 180 Å². The Hall–Kier alpha value is -3.72. The molecule has 0 aliphatic carbocycles. The Morgan fingerprint density at radius 2 is 0.698 bits per heavy atom. The fourth-order valence-corrected chi connectivity index (χ4v) is 8.74. The summed E-state index contributed by atoms with van der Waals surface area (Å²) in [5.41, 5.74) is -3.83. The van der Waals surface area contributed by atoms with Gasteiger partial charge in [-0.2, -0.15) is 0 Å². The van der Waals surface area contributed by atoms with Crippen molar-refractivity contribution in [1.29, 1.82) is 0 Å². The van der Waals surface area contributed by atoms with Crippen LogP contribution in [0.2, 0.25) is 0 Å². The zero-order valence-corrected chi connectivity index (χ0v) is 36.7. The lowest BCUT2D eigenvalue weighted by atomic mass is 10.1. The first kappa shape index (κ1) is 43.7. The molecule has 0 N–H and O–H groups in total. The number of rotatable bonds is 10. The summed E-state index contributed by atoms with van der Waals surface area (Å²) in [6, 6.07) is 17.2. The summed E-state index contributed by atoms with van der Waals surface area (Å²) in [4.78, 5) is 15.6. The standard InChI is InChI=1S/C44H66O8S/c1-29(45)52-53(32-23-21-20-22-24-32,37-33(48-41(8,9)10)25-30(46-39(2,3)4)26-34(37)49-42(11,12)13)38-35(50-43(14,15)16)27-31(47-40(5,6)7)28-36(38)51-44(17,18)19/h20-28H,1-19H3. The minimum Gasteiger partial charge on any atom is -0.488 e. The highest BCUT2D eigenvalue weighted by atomic mass is 32.3. The van der Waals surface area contributed by atoms with Crippen LogP contribution < -0.4 is 28.4 Å². The van der Waals surface area contributed by atoms with Gasteiger partial charge in [-0.15, -0.1) is 0 Å². The number of ether oxygens (including phenoxy) is 6. The molecule has 0 amide bonds. The molecule has 9 heteroatoms. The third-order valence-corrected chi connectivity index (χ3v) is 9.77. The van der Waals surface area contributed by atoms with E-state index in [9.17, 15) is 4.79 Å². The summed E-state index contributed by atoms with van der Waals surface area (Å²) < 4.78 is 47.6. The number of carbonyl (C=O) groups excluding carboxylic acids is 1. The van der Waals surface area contributed by atoms with E-state index in [0.717, 1.165) is 0 Å². The molecule has 0 unspecified atom stereocenters. The second-order valence-electron chi connectivity index (χ2n) is 19.2. The monoisotopic (exact) mass is 754 g/mol. The van der Waals surface area contributed by atoms with Gasteiger partial charge in [0.15, 0.2) is 0 Å². The molecule has 0 spiro atoms. The Kier molecular flexibility index (Phi) is 12.5. The number of carbonyl (C=O) groups is 1. The van der Waals surface area contributed by atoms with Gasteiger partial charge in [-0.25, -0.2) is 0 Å². The summed E-state index contributed by atoms with van der Waals surface area (Å²) in [6.07, 6.45) is 0. The summed E-state index contributed by atoms with van der Waals surface area (Å²) >= 11 is 0. The molecule has 0 saturated heterocycles. The predicted molar refractivity (Wildman–Crippen MR) is 216 cm³/mol. The molecule has 53 heavy (non-hydrogen) atoms. The van der Waals surface area contributed by atoms with E-state index in [2.05, 4.69) is 0 Å². The first-order valence-corrected chi connectivity index (χ1v) is 19.9. The van der Waals surface area contributed by atoms with E-state index in [1.807, 2.05) is 179 Å². The van der Waals surface area contributed by atoms with E-state index in [1.54, 1.807) is 0 Å². The molecule has 0 heterocycles. The maximum Gasteiger partial charge on any atom is 0.313 e. The molecule has 0 aromatic heterocycles. The molecule has 0 atom stereocenters. The Bertz CT molecular complexity index is 1550. The summed E-state index contributed by atoms with van der Waals surface area (Å²) in [6.45, 7) is 37.1. The normalized spacial score (nSPS) is 13.6. The molecule has 3 aromatic rings. The zero-order chi connectivity index (χ0) is 40.6. The molecule has 0 aliphatic heterocycles. The molecule has 0 saturated carbocycles. The molecule has 296 valence electrons. The van der Waals surface area contributed by atoms with Crippen LogP contribution in [0.4, 0.5) is 0 Å². The van der Waals surface area contributed by atoms with Crippen LogP contribution in [0.5, 0.6) is 34.5 Å². The quantitative estimate of drug-likeness (QED) is 0.202. The van der Waals surface area contributed by atoms with Gasteiger partial charge in [0.2, 0.25) is 0 Å². The summed E-state index contributed by atoms with van der Waals surface area (Å²) in [7, 11) is -3.23. The number of hydrogen-bond donors (Lipinski definition) is 0. The van der Waals surface area contributed by atoms with Crippen LogP contribution in [-0.2, 0) is 8.98 Å². The van der Waals surface area contributed by atoms with Gasteiger partial charge in [-0.05, 0) is 137 Å². The Morgan fingerprint density at radius 1 is 0.434 bits per heavy atom. The van der Waals surface area contributed by atoms with Gasteiger partial charge in [-0.3, -0.25) is 4.79 Å². The van der Waals surface area contributed by atoms with Crippen molar-refractivity contribution >= 4 is 16.3 Å². The maximum atomic E-state index is 13.9. The average molecular weight is 755 g/mol. The highest BCUT2D eigenvalue weighted by Gasteiger charge is 2.47. The van der Waals surface area contributed by atoms with Crippen molar-refractivity contribution in [2.24, 2.45) is 0 Å². The third-order valence-electron chi connectivity index (χ3n) is 6.39. The van der Waals surface area contributed by atoms with Gasteiger partial charge in [-0.1, -0.05) is 18.2 Å². The number of benzene rings is 3. The van der Waals surface area contributed by atoms with Crippen LogP contribution in [-0.4, -0.2) is 39.6 Å². The van der Waals surface area contributed by atoms with Crippen molar-refractivity contribution in [2.75, 3.05) is 0 Å². The van der Waals surface area contributed by atoms with Gasteiger partial charge in [0, 0.05) is 46.4 Å². The van der Waals surface area contributed by atoms with Gasteiger partial charge >= 0.3 is 5.97 Å². The molecule has 3 rings (SSSR count). The molecule has 3 aromatic carbocycles. The SMILES string of the molecule is CC(=O)OS(c1ccccc1)(c1c(OC(C)(C)C)cc(OC(C)(C)C)cc1OC(C)(C)C)c1c(OC(C)(C)C)cc(OC(C)(C)C)cc1OC(C)(C)C. The number of hydrogen-bond acceptors (Lipinski definition) is 8. The van der Waals surface area contributed by atoms with E-state index >= 15 is 0 Å². The fourth-order valence-electron chi connectivity index (χ4n) is 5.38. The van der Waals surface area contributed by atoms with Gasteiger partial charge in [0.25, 0.3) is 0 Å². The van der Waals surface area contributed by atoms with Crippen LogP contribution in [0, 0.1) is 0 Å². The van der Waals surface area contributed by atoms with Crippen molar-refractivity contribution < 1.29 is 37.4 Å². The molecule has 0 bridgehead atoms. The van der Waals surface area contributed by atoms with Crippen molar-refractivity contribution in [1.82, 2.24) is 0 Å². The van der Waals surface area contributed by atoms with E-state index < -0.39 is 49.9 Å². The first-order chi connectivity index (χ1) is 23.8. The van der Waals surface area contributed by atoms with Crippen LogP contribution in [0.15, 0.2) is 69.3 Å². The van der Waals surface area contributed by atoms with E-state index in [-0.39, 0.29) is 0 Å². The van der Waals surface area contributed by atoms with Gasteiger partial charge < -0.3 is 32.6 Å². The molecule has 0 radical (unpaired) electrons. The minimum absolute atomic E-state index is 0.428. The lowest BCUT2D eigenvalue weighted by Gasteiger charge is -2.44. The van der Waals surface area contributed by atoms with Crippen molar-refractivity contribution in [3.8, 4) is 34.5 Å². The highest BCUT2D eigenvalue weighted by Crippen LogP contribution is 2.78. The average Bonchev–Trinajstić information content (AvgIpc) is 2.87. The van der Waals surface area contributed by atoms with E-state index in [0.29, 0.717) is 49.2 Å².